The quantitative estimate of drug-likeness (QED) is 0.614. The van der Waals surface area contributed by atoms with E-state index in [1.807, 2.05) is 0 Å². The Hall–Kier alpha value is -1.06. The minimum absolute atomic E-state index is 0.0842. The molecular formula is C10H14O4. The van der Waals surface area contributed by atoms with Crippen LogP contribution in [-0.4, -0.2) is 26.2 Å². The number of esters is 2. The largest absolute Gasteiger partial charge is 0.469 e. The summed E-state index contributed by atoms with van der Waals surface area (Å²) >= 11 is 0. The van der Waals surface area contributed by atoms with Crippen LogP contribution in [0.2, 0.25) is 0 Å². The van der Waals surface area contributed by atoms with Gasteiger partial charge in [0.05, 0.1) is 25.6 Å². The molecule has 0 aromatic rings. The Bertz CT molecular complexity index is 278. The molecule has 3 aliphatic rings. The van der Waals surface area contributed by atoms with Gasteiger partial charge in [-0.25, -0.2) is 0 Å². The third-order valence-corrected chi connectivity index (χ3v) is 3.61. The highest BCUT2D eigenvalue weighted by molar-refractivity contribution is 5.83. The van der Waals surface area contributed by atoms with Crippen LogP contribution in [0.4, 0.5) is 0 Å². The molecule has 3 saturated carbocycles. The van der Waals surface area contributed by atoms with E-state index in [0.717, 1.165) is 12.8 Å². The molecule has 3 fully saturated rings. The van der Waals surface area contributed by atoms with Crippen LogP contribution in [-0.2, 0) is 19.1 Å². The lowest BCUT2D eigenvalue weighted by Gasteiger charge is -2.35. The van der Waals surface area contributed by atoms with E-state index in [2.05, 4.69) is 0 Å². The molecule has 0 N–H and O–H groups in total. The molecule has 0 amide bonds. The van der Waals surface area contributed by atoms with E-state index in [0.29, 0.717) is 12.3 Å². The van der Waals surface area contributed by atoms with Gasteiger partial charge in [0.25, 0.3) is 0 Å². The molecular weight excluding hydrogens is 184 g/mol. The van der Waals surface area contributed by atoms with Gasteiger partial charge in [-0.05, 0) is 25.2 Å². The van der Waals surface area contributed by atoms with Crippen molar-refractivity contribution in [2.75, 3.05) is 14.2 Å². The Morgan fingerprint density at radius 2 is 1.79 bits per heavy atom. The van der Waals surface area contributed by atoms with E-state index in [4.69, 9.17) is 9.47 Å². The Morgan fingerprint density at radius 3 is 2.29 bits per heavy atom. The standard InChI is InChI=1S/C10H14O4/c1-13-8(11)7-5-10(9(12)14-2)3-6(7)4-10/h6-7H,3-5H2,1-2H3/t6?,7-,10?/m0/s1. The van der Waals surface area contributed by atoms with Crippen molar-refractivity contribution in [1.82, 2.24) is 0 Å². The molecule has 0 aromatic carbocycles. The summed E-state index contributed by atoms with van der Waals surface area (Å²) < 4.78 is 9.44. The van der Waals surface area contributed by atoms with Crippen molar-refractivity contribution in [3.8, 4) is 0 Å². The van der Waals surface area contributed by atoms with Crippen molar-refractivity contribution in [2.45, 2.75) is 19.3 Å². The van der Waals surface area contributed by atoms with E-state index in [1.165, 1.54) is 14.2 Å². The van der Waals surface area contributed by atoms with Gasteiger partial charge < -0.3 is 9.47 Å². The minimum atomic E-state index is -0.363. The molecule has 0 unspecified atom stereocenters. The molecule has 1 atom stereocenters. The van der Waals surface area contributed by atoms with Gasteiger partial charge in [0.2, 0.25) is 0 Å². The van der Waals surface area contributed by atoms with E-state index < -0.39 is 0 Å². The average Bonchev–Trinajstić information content (AvgIpc) is 2.69. The van der Waals surface area contributed by atoms with Gasteiger partial charge in [-0.15, -0.1) is 0 Å². The zero-order chi connectivity index (χ0) is 10.3. The van der Waals surface area contributed by atoms with Gasteiger partial charge in [-0.1, -0.05) is 0 Å². The molecule has 2 bridgehead atoms. The number of carbonyl (C=O) groups excluding carboxylic acids is 2. The van der Waals surface area contributed by atoms with Crippen LogP contribution in [0.25, 0.3) is 0 Å². The topological polar surface area (TPSA) is 52.6 Å². The lowest BCUT2D eigenvalue weighted by atomic mass is 9.69. The Labute approximate surface area is 82.6 Å². The highest BCUT2D eigenvalue weighted by Crippen LogP contribution is 2.62. The normalized spacial score (nSPS) is 38.7. The molecule has 78 valence electrons. The number of rotatable bonds is 2. The monoisotopic (exact) mass is 198 g/mol. The molecule has 0 radical (unpaired) electrons. The van der Waals surface area contributed by atoms with Gasteiger partial charge in [0.1, 0.15) is 0 Å². The zero-order valence-corrected chi connectivity index (χ0v) is 8.41. The number of hydrogen-bond acceptors (Lipinski definition) is 4. The summed E-state index contributed by atoms with van der Waals surface area (Å²) in [6, 6.07) is 0. The molecule has 3 aliphatic carbocycles. The number of fused-ring (bicyclic) bond motifs is 1. The summed E-state index contributed by atoms with van der Waals surface area (Å²) in [5.41, 5.74) is -0.363. The number of carbonyl (C=O) groups is 2. The molecule has 0 aliphatic heterocycles. The summed E-state index contributed by atoms with van der Waals surface area (Å²) in [6.45, 7) is 0. The lowest BCUT2D eigenvalue weighted by Crippen LogP contribution is -2.37. The Kier molecular flexibility index (Phi) is 2.01. The van der Waals surface area contributed by atoms with Crippen LogP contribution in [0, 0.1) is 17.3 Å². The predicted octanol–water partition coefficient (Wildman–Crippen LogP) is 0.749. The first-order valence-electron chi connectivity index (χ1n) is 4.79. The summed E-state index contributed by atoms with van der Waals surface area (Å²) in [7, 11) is 2.79. The van der Waals surface area contributed by atoms with Crippen LogP contribution >= 0.6 is 0 Å². The van der Waals surface area contributed by atoms with Crippen LogP contribution in [0.3, 0.4) is 0 Å². The predicted molar refractivity (Wildman–Crippen MR) is 47.3 cm³/mol. The second kappa shape index (κ2) is 2.97. The fourth-order valence-electron chi connectivity index (χ4n) is 2.88. The SMILES string of the molecule is COC(=O)[C@H]1CC2(C(=O)OC)CC1C2. The highest BCUT2D eigenvalue weighted by Gasteiger charge is 2.63. The highest BCUT2D eigenvalue weighted by atomic mass is 16.5. The van der Waals surface area contributed by atoms with E-state index in [1.54, 1.807) is 0 Å². The van der Waals surface area contributed by atoms with Crippen molar-refractivity contribution in [3.63, 3.8) is 0 Å². The lowest BCUT2D eigenvalue weighted by molar-refractivity contribution is -0.157. The first-order chi connectivity index (χ1) is 6.63. The van der Waals surface area contributed by atoms with Gasteiger partial charge in [0, 0.05) is 0 Å². The zero-order valence-electron chi connectivity index (χ0n) is 8.41. The summed E-state index contributed by atoms with van der Waals surface area (Å²) in [5.74, 6) is -0.0981. The Balaban J connectivity index is 2.07. The average molecular weight is 198 g/mol. The van der Waals surface area contributed by atoms with Crippen LogP contribution < -0.4 is 0 Å². The number of hydrogen-bond donors (Lipinski definition) is 0. The molecule has 0 saturated heterocycles. The number of ether oxygens (including phenoxy) is 2. The van der Waals surface area contributed by atoms with E-state index in [9.17, 15) is 9.59 Å². The molecule has 4 heteroatoms. The van der Waals surface area contributed by atoms with Crippen molar-refractivity contribution < 1.29 is 19.1 Å². The van der Waals surface area contributed by atoms with E-state index >= 15 is 0 Å². The van der Waals surface area contributed by atoms with Gasteiger partial charge in [0.15, 0.2) is 0 Å². The molecule has 0 aromatic heterocycles. The third kappa shape index (κ3) is 1.06. The van der Waals surface area contributed by atoms with Crippen LogP contribution in [0.5, 0.6) is 0 Å². The first kappa shape index (κ1) is 9.49. The fraction of sp³-hybridized carbons (Fsp3) is 0.800. The molecule has 4 nitrogen and oxygen atoms in total. The van der Waals surface area contributed by atoms with Crippen molar-refractivity contribution in [3.05, 3.63) is 0 Å². The van der Waals surface area contributed by atoms with Crippen molar-refractivity contribution in [1.29, 1.82) is 0 Å². The van der Waals surface area contributed by atoms with Crippen molar-refractivity contribution >= 4 is 11.9 Å². The molecule has 14 heavy (non-hydrogen) atoms. The number of methoxy groups -OCH3 is 2. The molecule has 0 spiro atoms. The van der Waals surface area contributed by atoms with E-state index in [-0.39, 0.29) is 23.3 Å². The smallest absolute Gasteiger partial charge is 0.311 e. The summed E-state index contributed by atoms with van der Waals surface area (Å²) in [5, 5.41) is 0. The minimum Gasteiger partial charge on any atom is -0.469 e. The summed E-state index contributed by atoms with van der Waals surface area (Å²) in [6.07, 6.45) is 2.19. The molecule has 3 rings (SSSR count). The molecule has 0 heterocycles. The van der Waals surface area contributed by atoms with Gasteiger partial charge in [-0.2, -0.15) is 0 Å². The van der Waals surface area contributed by atoms with Crippen molar-refractivity contribution in [2.24, 2.45) is 17.3 Å². The maximum atomic E-state index is 11.5. The second-order valence-electron chi connectivity index (χ2n) is 4.27. The Morgan fingerprint density at radius 1 is 1.14 bits per heavy atom. The van der Waals surface area contributed by atoms with Crippen LogP contribution in [0.15, 0.2) is 0 Å². The maximum Gasteiger partial charge on any atom is 0.311 e. The summed E-state index contributed by atoms with van der Waals surface area (Å²) in [4.78, 5) is 22.8. The van der Waals surface area contributed by atoms with Gasteiger partial charge >= 0.3 is 11.9 Å². The maximum absolute atomic E-state index is 11.5. The first-order valence-corrected chi connectivity index (χ1v) is 4.79. The van der Waals surface area contributed by atoms with Gasteiger partial charge in [-0.3, -0.25) is 9.59 Å². The van der Waals surface area contributed by atoms with Crippen LogP contribution in [0.1, 0.15) is 19.3 Å². The fourth-order valence-corrected chi connectivity index (χ4v) is 2.88. The second-order valence-corrected chi connectivity index (χ2v) is 4.27. The third-order valence-electron chi connectivity index (χ3n) is 3.61.